The Kier molecular flexibility index (Phi) is 3.97. The van der Waals surface area contributed by atoms with Gasteiger partial charge in [-0.25, -0.2) is 0 Å². The SMILES string of the molecule is COc1cc(OC)c(C2CNC(C)C2)c(OC)c1. The van der Waals surface area contributed by atoms with Crippen molar-refractivity contribution < 1.29 is 14.2 Å². The quantitative estimate of drug-likeness (QED) is 0.890. The molecule has 0 spiro atoms. The van der Waals surface area contributed by atoms with Crippen LogP contribution in [0.2, 0.25) is 0 Å². The van der Waals surface area contributed by atoms with Crippen LogP contribution in [-0.2, 0) is 0 Å². The van der Waals surface area contributed by atoms with Gasteiger partial charge in [-0.3, -0.25) is 0 Å². The average molecular weight is 251 g/mol. The third-order valence-corrected chi connectivity index (χ3v) is 3.51. The topological polar surface area (TPSA) is 39.7 Å². The van der Waals surface area contributed by atoms with Gasteiger partial charge in [-0.1, -0.05) is 0 Å². The Morgan fingerprint density at radius 2 is 1.67 bits per heavy atom. The summed E-state index contributed by atoms with van der Waals surface area (Å²) in [6, 6.07) is 4.37. The highest BCUT2D eigenvalue weighted by Gasteiger charge is 2.28. The minimum atomic E-state index is 0.427. The van der Waals surface area contributed by atoms with Crippen LogP contribution < -0.4 is 19.5 Å². The minimum Gasteiger partial charge on any atom is -0.496 e. The van der Waals surface area contributed by atoms with E-state index >= 15 is 0 Å². The number of ether oxygens (including phenoxy) is 3. The van der Waals surface area contributed by atoms with E-state index in [0.717, 1.165) is 35.8 Å². The van der Waals surface area contributed by atoms with E-state index in [2.05, 4.69) is 12.2 Å². The van der Waals surface area contributed by atoms with Gasteiger partial charge in [0.1, 0.15) is 17.2 Å². The normalized spacial score (nSPS) is 22.9. The number of methoxy groups -OCH3 is 3. The summed E-state index contributed by atoms with van der Waals surface area (Å²) in [4.78, 5) is 0. The van der Waals surface area contributed by atoms with Crippen molar-refractivity contribution in [3.63, 3.8) is 0 Å². The number of hydrogen-bond donors (Lipinski definition) is 1. The Morgan fingerprint density at radius 1 is 1.06 bits per heavy atom. The molecule has 1 aromatic carbocycles. The maximum atomic E-state index is 5.49. The molecule has 0 aliphatic carbocycles. The molecule has 2 atom stereocenters. The second-order valence-corrected chi connectivity index (χ2v) is 4.69. The molecule has 100 valence electrons. The molecule has 1 fully saturated rings. The van der Waals surface area contributed by atoms with Crippen molar-refractivity contribution >= 4 is 0 Å². The monoisotopic (exact) mass is 251 g/mol. The van der Waals surface area contributed by atoms with Crippen molar-refractivity contribution in [1.82, 2.24) is 5.32 Å². The summed E-state index contributed by atoms with van der Waals surface area (Å²) in [5.41, 5.74) is 1.14. The maximum absolute atomic E-state index is 5.49. The highest BCUT2D eigenvalue weighted by molar-refractivity contribution is 5.53. The third kappa shape index (κ3) is 2.38. The van der Waals surface area contributed by atoms with Crippen LogP contribution in [-0.4, -0.2) is 33.9 Å². The van der Waals surface area contributed by atoms with E-state index < -0.39 is 0 Å². The molecule has 2 unspecified atom stereocenters. The van der Waals surface area contributed by atoms with Crippen LogP contribution in [0.4, 0.5) is 0 Å². The molecule has 0 amide bonds. The maximum Gasteiger partial charge on any atom is 0.129 e. The molecule has 2 rings (SSSR count). The van der Waals surface area contributed by atoms with Crippen LogP contribution in [0.5, 0.6) is 17.2 Å². The van der Waals surface area contributed by atoms with E-state index in [9.17, 15) is 0 Å². The second-order valence-electron chi connectivity index (χ2n) is 4.69. The van der Waals surface area contributed by atoms with Gasteiger partial charge in [-0.15, -0.1) is 0 Å². The lowest BCUT2D eigenvalue weighted by Gasteiger charge is -2.19. The molecule has 1 saturated heterocycles. The van der Waals surface area contributed by atoms with Crippen molar-refractivity contribution in [3.8, 4) is 17.2 Å². The predicted octanol–water partition coefficient (Wildman–Crippen LogP) is 2.18. The van der Waals surface area contributed by atoms with Gasteiger partial charge in [-0.2, -0.15) is 0 Å². The van der Waals surface area contributed by atoms with Crippen LogP contribution in [0.1, 0.15) is 24.8 Å². The Hall–Kier alpha value is -1.42. The van der Waals surface area contributed by atoms with Gasteiger partial charge in [0.25, 0.3) is 0 Å². The Bertz CT molecular complexity index is 394. The zero-order valence-corrected chi connectivity index (χ0v) is 11.4. The summed E-state index contributed by atoms with van der Waals surface area (Å²) in [6.45, 7) is 3.16. The van der Waals surface area contributed by atoms with Crippen molar-refractivity contribution in [3.05, 3.63) is 17.7 Å². The number of rotatable bonds is 4. The van der Waals surface area contributed by atoms with Gasteiger partial charge in [0, 0.05) is 36.2 Å². The van der Waals surface area contributed by atoms with E-state index in [4.69, 9.17) is 14.2 Å². The lowest BCUT2D eigenvalue weighted by molar-refractivity contribution is 0.364. The van der Waals surface area contributed by atoms with Crippen molar-refractivity contribution in [2.24, 2.45) is 0 Å². The standard InChI is InChI=1S/C14H21NO3/c1-9-5-10(8-15-9)14-12(17-3)6-11(16-2)7-13(14)18-4/h6-7,9-10,15H,5,8H2,1-4H3. The van der Waals surface area contributed by atoms with Gasteiger partial charge in [0.2, 0.25) is 0 Å². The summed E-state index contributed by atoms with van der Waals surface area (Å²) in [7, 11) is 5.01. The van der Waals surface area contributed by atoms with Gasteiger partial charge in [0.15, 0.2) is 0 Å². The summed E-state index contributed by atoms with van der Waals surface area (Å²) < 4.78 is 16.2. The van der Waals surface area contributed by atoms with Gasteiger partial charge in [0.05, 0.1) is 21.3 Å². The Balaban J connectivity index is 2.43. The zero-order chi connectivity index (χ0) is 13.1. The fourth-order valence-corrected chi connectivity index (χ4v) is 2.59. The van der Waals surface area contributed by atoms with E-state index in [0.29, 0.717) is 12.0 Å². The molecular weight excluding hydrogens is 230 g/mol. The number of nitrogens with one attached hydrogen (secondary N) is 1. The summed E-state index contributed by atoms with van der Waals surface area (Å²) in [5, 5.41) is 3.46. The second kappa shape index (κ2) is 5.48. The summed E-state index contributed by atoms with van der Waals surface area (Å²) in [5.74, 6) is 2.86. The molecular formula is C14H21NO3. The Labute approximate surface area is 108 Å². The largest absolute Gasteiger partial charge is 0.496 e. The summed E-state index contributed by atoms with van der Waals surface area (Å²) >= 11 is 0. The van der Waals surface area contributed by atoms with E-state index in [1.54, 1.807) is 21.3 Å². The zero-order valence-electron chi connectivity index (χ0n) is 11.4. The van der Waals surface area contributed by atoms with Gasteiger partial charge in [-0.05, 0) is 13.3 Å². The molecule has 1 heterocycles. The number of benzene rings is 1. The lowest BCUT2D eigenvalue weighted by atomic mass is 9.94. The Morgan fingerprint density at radius 3 is 2.06 bits per heavy atom. The molecule has 4 nitrogen and oxygen atoms in total. The summed E-state index contributed by atoms with van der Waals surface area (Å²) in [6.07, 6.45) is 1.10. The van der Waals surface area contributed by atoms with Crippen LogP contribution in [0.3, 0.4) is 0 Å². The average Bonchev–Trinajstić information content (AvgIpc) is 2.83. The van der Waals surface area contributed by atoms with Crippen LogP contribution in [0.15, 0.2) is 12.1 Å². The minimum absolute atomic E-state index is 0.427. The third-order valence-electron chi connectivity index (χ3n) is 3.51. The van der Waals surface area contributed by atoms with Gasteiger partial charge >= 0.3 is 0 Å². The molecule has 4 heteroatoms. The molecule has 1 aliphatic heterocycles. The number of hydrogen-bond acceptors (Lipinski definition) is 4. The first kappa shape index (κ1) is 13.0. The smallest absolute Gasteiger partial charge is 0.129 e. The molecule has 0 bridgehead atoms. The molecule has 0 saturated carbocycles. The first-order valence-corrected chi connectivity index (χ1v) is 6.22. The van der Waals surface area contributed by atoms with Gasteiger partial charge < -0.3 is 19.5 Å². The van der Waals surface area contributed by atoms with Crippen molar-refractivity contribution in [2.45, 2.75) is 25.3 Å². The first-order valence-electron chi connectivity index (χ1n) is 6.22. The predicted molar refractivity (Wildman–Crippen MR) is 70.9 cm³/mol. The molecule has 18 heavy (non-hydrogen) atoms. The van der Waals surface area contributed by atoms with Crippen molar-refractivity contribution in [1.29, 1.82) is 0 Å². The first-order chi connectivity index (χ1) is 8.69. The van der Waals surface area contributed by atoms with Crippen molar-refractivity contribution in [2.75, 3.05) is 27.9 Å². The molecule has 0 aromatic heterocycles. The van der Waals surface area contributed by atoms with E-state index in [1.807, 2.05) is 12.1 Å². The van der Waals surface area contributed by atoms with E-state index in [1.165, 1.54) is 0 Å². The molecule has 1 aromatic rings. The van der Waals surface area contributed by atoms with Crippen LogP contribution in [0.25, 0.3) is 0 Å². The van der Waals surface area contributed by atoms with Crippen LogP contribution >= 0.6 is 0 Å². The lowest BCUT2D eigenvalue weighted by Crippen LogP contribution is -2.16. The van der Waals surface area contributed by atoms with Crippen LogP contribution in [0, 0.1) is 0 Å². The molecule has 1 aliphatic rings. The fraction of sp³-hybridized carbons (Fsp3) is 0.571. The molecule has 1 N–H and O–H groups in total. The molecule has 0 radical (unpaired) electrons. The highest BCUT2D eigenvalue weighted by atomic mass is 16.5. The van der Waals surface area contributed by atoms with E-state index in [-0.39, 0.29) is 0 Å². The highest BCUT2D eigenvalue weighted by Crippen LogP contribution is 2.41. The fourth-order valence-electron chi connectivity index (χ4n) is 2.59.